The number of hydrogen-bond acceptors (Lipinski definition) is 7. The molecule has 2 aliphatic heterocycles. The number of esters is 2. The third-order valence-electron chi connectivity index (χ3n) is 6.62. The van der Waals surface area contributed by atoms with Crippen molar-refractivity contribution < 1.29 is 34.0 Å². The molecule has 0 amide bonds. The number of ether oxygens (including phenoxy) is 3. The average Bonchev–Trinajstić information content (AvgIpc) is 3.10. The van der Waals surface area contributed by atoms with Crippen LogP contribution in [-0.4, -0.2) is 58.8 Å². The topological polar surface area (TPSA) is 102 Å². The van der Waals surface area contributed by atoms with Gasteiger partial charge in [0.2, 0.25) is 0 Å². The van der Waals surface area contributed by atoms with Crippen molar-refractivity contribution in [2.75, 3.05) is 7.11 Å². The van der Waals surface area contributed by atoms with Crippen LogP contribution in [0.25, 0.3) is 0 Å². The summed E-state index contributed by atoms with van der Waals surface area (Å²) in [7, 11) is 1.30. The first kappa shape index (κ1) is 24.6. The lowest BCUT2D eigenvalue weighted by atomic mass is 9.81. The molecule has 2 aliphatic rings. The monoisotopic (exact) mass is 424 g/mol. The minimum atomic E-state index is -1.14. The van der Waals surface area contributed by atoms with Gasteiger partial charge in [-0.25, -0.2) is 4.79 Å². The third kappa shape index (κ3) is 5.71. The summed E-state index contributed by atoms with van der Waals surface area (Å²) in [6.07, 6.45) is 2.86. The fourth-order valence-corrected chi connectivity index (χ4v) is 4.40. The van der Waals surface area contributed by atoms with E-state index in [0.717, 1.165) is 5.57 Å². The molecule has 7 nitrogen and oxygen atoms in total. The van der Waals surface area contributed by atoms with E-state index in [-0.39, 0.29) is 17.9 Å². The number of carbonyl (C=O) groups is 2. The van der Waals surface area contributed by atoms with E-state index in [9.17, 15) is 19.8 Å². The van der Waals surface area contributed by atoms with Gasteiger partial charge in [-0.15, -0.1) is 0 Å². The zero-order valence-corrected chi connectivity index (χ0v) is 18.8. The van der Waals surface area contributed by atoms with E-state index in [1.807, 2.05) is 19.9 Å². The molecule has 2 bridgehead atoms. The molecule has 0 spiro atoms. The summed E-state index contributed by atoms with van der Waals surface area (Å²) in [5.74, 6) is -1.26. The molecule has 0 radical (unpaired) electrons. The van der Waals surface area contributed by atoms with E-state index >= 15 is 0 Å². The van der Waals surface area contributed by atoms with Crippen molar-refractivity contribution in [2.24, 2.45) is 5.92 Å². The molecule has 2 rings (SSSR count). The minimum Gasteiger partial charge on any atom is -0.466 e. The summed E-state index contributed by atoms with van der Waals surface area (Å²) in [5, 5.41) is 21.9. The van der Waals surface area contributed by atoms with Crippen LogP contribution < -0.4 is 0 Å². The fraction of sp³-hybridized carbons (Fsp3) is 0.739. The normalized spacial score (nSPS) is 37.8. The summed E-state index contributed by atoms with van der Waals surface area (Å²) < 4.78 is 16.7. The van der Waals surface area contributed by atoms with Gasteiger partial charge in [0.05, 0.1) is 24.9 Å². The lowest BCUT2D eigenvalue weighted by Crippen LogP contribution is -2.46. The van der Waals surface area contributed by atoms with Gasteiger partial charge in [0.1, 0.15) is 11.7 Å². The highest BCUT2D eigenvalue weighted by Gasteiger charge is 2.49. The molecule has 7 heteroatoms. The summed E-state index contributed by atoms with van der Waals surface area (Å²) >= 11 is 0. The first-order valence-corrected chi connectivity index (χ1v) is 10.6. The summed E-state index contributed by atoms with van der Waals surface area (Å²) in [4.78, 5) is 23.7. The second-order valence-electron chi connectivity index (χ2n) is 9.10. The summed E-state index contributed by atoms with van der Waals surface area (Å²) in [5.41, 5.74) is -0.872. The van der Waals surface area contributed by atoms with Gasteiger partial charge < -0.3 is 24.4 Å². The van der Waals surface area contributed by atoms with E-state index in [1.54, 1.807) is 6.92 Å². The number of carbonyl (C=O) groups excluding carboxylic acids is 2. The number of methoxy groups -OCH3 is 1. The van der Waals surface area contributed by atoms with Crippen molar-refractivity contribution in [1.29, 1.82) is 0 Å². The highest BCUT2D eigenvalue weighted by molar-refractivity contribution is 5.88. The molecule has 2 N–H and O–H groups in total. The van der Waals surface area contributed by atoms with Crippen LogP contribution in [0.3, 0.4) is 0 Å². The Balaban J connectivity index is 2.38. The first-order valence-electron chi connectivity index (χ1n) is 10.6. The SMILES string of the molecule is C=C(C(=O)OC)C1CCC(C)(O)C2CCC(C)(O2)C(OC(C)=O)CC=C(C)C(O)C1. The Hall–Kier alpha value is -1.70. The van der Waals surface area contributed by atoms with Gasteiger partial charge in [-0.05, 0) is 64.4 Å². The van der Waals surface area contributed by atoms with Gasteiger partial charge in [0.25, 0.3) is 0 Å². The smallest absolute Gasteiger partial charge is 0.333 e. The molecular formula is C23H36O7. The van der Waals surface area contributed by atoms with Gasteiger partial charge >= 0.3 is 11.9 Å². The summed E-state index contributed by atoms with van der Waals surface area (Å²) in [6.45, 7) is 10.7. The molecule has 30 heavy (non-hydrogen) atoms. The number of rotatable bonds is 3. The zero-order valence-electron chi connectivity index (χ0n) is 18.8. The Morgan fingerprint density at radius 2 is 1.93 bits per heavy atom. The molecule has 2 heterocycles. The van der Waals surface area contributed by atoms with Gasteiger partial charge in [-0.3, -0.25) is 4.79 Å². The Labute approximate surface area is 179 Å². The van der Waals surface area contributed by atoms with E-state index in [1.165, 1.54) is 14.0 Å². The van der Waals surface area contributed by atoms with Gasteiger partial charge in [0, 0.05) is 18.9 Å². The highest BCUT2D eigenvalue weighted by Crippen LogP contribution is 2.42. The van der Waals surface area contributed by atoms with Crippen LogP contribution in [0.5, 0.6) is 0 Å². The lowest BCUT2D eigenvalue weighted by molar-refractivity contribution is -0.182. The van der Waals surface area contributed by atoms with Crippen molar-refractivity contribution >= 4 is 11.9 Å². The van der Waals surface area contributed by atoms with E-state index in [2.05, 4.69) is 6.58 Å². The standard InChI is InChI=1S/C23H36O7/c1-14-7-8-20(29-16(3)24)23(5)12-10-19(30-23)22(4,27)11-9-17(13-18(14)25)15(2)21(26)28-6/h7,17-20,25,27H,2,8-13H2,1,3-6H3. The molecule has 6 atom stereocenters. The van der Waals surface area contributed by atoms with Gasteiger partial charge in [-0.2, -0.15) is 0 Å². The number of fused-ring (bicyclic) bond motifs is 2. The van der Waals surface area contributed by atoms with Crippen molar-refractivity contribution in [3.8, 4) is 0 Å². The van der Waals surface area contributed by atoms with Crippen molar-refractivity contribution in [3.63, 3.8) is 0 Å². The van der Waals surface area contributed by atoms with Crippen LogP contribution in [0.15, 0.2) is 23.8 Å². The quantitative estimate of drug-likeness (QED) is 0.408. The first-order chi connectivity index (χ1) is 13.9. The Kier molecular flexibility index (Phi) is 7.88. The van der Waals surface area contributed by atoms with Crippen LogP contribution in [-0.2, 0) is 23.8 Å². The Morgan fingerprint density at radius 1 is 1.27 bits per heavy atom. The van der Waals surface area contributed by atoms with Crippen LogP contribution in [0.2, 0.25) is 0 Å². The van der Waals surface area contributed by atoms with Crippen LogP contribution in [0, 0.1) is 5.92 Å². The molecule has 1 saturated heterocycles. The molecule has 0 aromatic rings. The predicted molar refractivity (Wildman–Crippen MR) is 112 cm³/mol. The largest absolute Gasteiger partial charge is 0.466 e. The number of hydrogen-bond donors (Lipinski definition) is 2. The van der Waals surface area contributed by atoms with Crippen molar-refractivity contribution in [1.82, 2.24) is 0 Å². The zero-order chi connectivity index (χ0) is 22.7. The second kappa shape index (κ2) is 9.62. The van der Waals surface area contributed by atoms with Crippen LogP contribution >= 0.6 is 0 Å². The fourth-order valence-electron chi connectivity index (χ4n) is 4.40. The second-order valence-corrected chi connectivity index (χ2v) is 9.10. The van der Waals surface area contributed by atoms with E-state index in [0.29, 0.717) is 32.1 Å². The molecule has 170 valence electrons. The molecule has 0 aliphatic carbocycles. The lowest BCUT2D eigenvalue weighted by Gasteiger charge is -2.36. The van der Waals surface area contributed by atoms with Crippen molar-refractivity contribution in [2.45, 2.75) is 95.7 Å². The van der Waals surface area contributed by atoms with Crippen molar-refractivity contribution in [3.05, 3.63) is 23.8 Å². The highest BCUT2D eigenvalue weighted by atomic mass is 16.6. The Morgan fingerprint density at radius 3 is 2.53 bits per heavy atom. The molecule has 0 saturated carbocycles. The van der Waals surface area contributed by atoms with Gasteiger partial charge in [-0.1, -0.05) is 12.7 Å². The van der Waals surface area contributed by atoms with Gasteiger partial charge in [0.15, 0.2) is 0 Å². The molecule has 1 fully saturated rings. The number of aliphatic hydroxyl groups is 2. The van der Waals surface area contributed by atoms with E-state index in [4.69, 9.17) is 14.2 Å². The summed E-state index contributed by atoms with van der Waals surface area (Å²) in [6, 6.07) is 0. The Bertz CT molecular complexity index is 696. The van der Waals surface area contributed by atoms with Crippen LogP contribution in [0.1, 0.15) is 66.2 Å². The third-order valence-corrected chi connectivity index (χ3v) is 6.62. The molecule has 0 aromatic heterocycles. The molecule has 6 unspecified atom stereocenters. The maximum Gasteiger partial charge on any atom is 0.333 e. The molecule has 0 aromatic carbocycles. The molecular weight excluding hydrogens is 388 g/mol. The van der Waals surface area contributed by atoms with E-state index < -0.39 is 41.5 Å². The maximum absolute atomic E-state index is 12.1. The van der Waals surface area contributed by atoms with Crippen LogP contribution in [0.4, 0.5) is 0 Å². The minimum absolute atomic E-state index is 0.282. The maximum atomic E-state index is 12.1. The number of aliphatic hydroxyl groups excluding tert-OH is 1. The predicted octanol–water partition coefficient (Wildman–Crippen LogP) is 2.83. The average molecular weight is 425 g/mol.